The van der Waals surface area contributed by atoms with Crippen LogP contribution in [0.5, 0.6) is 28.7 Å². The molecule has 2 aromatic carbocycles. The molecule has 2 heterocycles. The van der Waals surface area contributed by atoms with Crippen LogP contribution in [0, 0.1) is 5.92 Å². The molecule has 188 valence electrons. The number of methoxy groups -OCH3 is 2. The molecule has 0 aliphatic carbocycles. The second-order valence-electron chi connectivity index (χ2n) is 8.25. The van der Waals surface area contributed by atoms with Gasteiger partial charge in [0.1, 0.15) is 0 Å². The second kappa shape index (κ2) is 11.3. The topological polar surface area (TPSA) is 92.8 Å². The highest BCUT2D eigenvalue weighted by atomic mass is 35.5. The lowest BCUT2D eigenvalue weighted by atomic mass is 9.92. The van der Waals surface area contributed by atoms with Crippen LogP contribution >= 0.6 is 12.4 Å². The zero-order valence-electron chi connectivity index (χ0n) is 20.0. The molecule has 10 heteroatoms. The molecule has 1 fully saturated rings. The summed E-state index contributed by atoms with van der Waals surface area (Å²) in [5, 5.41) is 0. The van der Waals surface area contributed by atoms with Crippen molar-refractivity contribution in [3.63, 3.8) is 0 Å². The lowest BCUT2D eigenvalue weighted by molar-refractivity contribution is -0.136. The average molecular weight is 506 g/mol. The number of likely N-dealkylation sites (N-methyl/N-ethyl adjacent to an activating group) is 1. The maximum Gasteiger partial charge on any atom is 0.334 e. The Bertz CT molecular complexity index is 1110. The van der Waals surface area contributed by atoms with E-state index in [1.54, 1.807) is 37.2 Å². The van der Waals surface area contributed by atoms with Gasteiger partial charge in [-0.1, -0.05) is 6.07 Å². The minimum atomic E-state index is -0.448. The van der Waals surface area contributed by atoms with E-state index in [0.717, 1.165) is 5.56 Å². The number of nitrogens with zero attached hydrogens (tertiary/aromatic N) is 1. The van der Waals surface area contributed by atoms with Crippen LogP contribution in [0.4, 0.5) is 0 Å². The highest BCUT2D eigenvalue weighted by Gasteiger charge is 2.31. The smallest absolute Gasteiger partial charge is 0.334 e. The highest BCUT2D eigenvalue weighted by molar-refractivity contribution is 5.96. The number of benzene rings is 2. The van der Waals surface area contributed by atoms with Gasteiger partial charge in [0, 0.05) is 11.5 Å². The van der Waals surface area contributed by atoms with Crippen LogP contribution in [0.3, 0.4) is 0 Å². The molecule has 1 saturated heterocycles. The van der Waals surface area contributed by atoms with Crippen molar-refractivity contribution in [3.05, 3.63) is 47.0 Å². The number of carbonyl (C=O) groups is 2. The number of fused-ring (bicyclic) bond motifs is 1. The van der Waals surface area contributed by atoms with Crippen molar-refractivity contribution in [2.24, 2.45) is 5.92 Å². The van der Waals surface area contributed by atoms with Crippen molar-refractivity contribution in [3.8, 4) is 28.7 Å². The minimum Gasteiger partial charge on any atom is -0.493 e. The SMILES string of the molecule is COc1cc(/C=C2\C(=O)OCC2Cc2ccc3c(c2)OCO3)cc(OC)c1OC(=O)CN(C)C.Cl. The van der Waals surface area contributed by atoms with Gasteiger partial charge in [-0.15, -0.1) is 12.4 Å². The number of halogens is 1. The van der Waals surface area contributed by atoms with Gasteiger partial charge in [0.05, 0.1) is 27.4 Å². The van der Waals surface area contributed by atoms with E-state index >= 15 is 0 Å². The molecule has 0 N–H and O–H groups in total. The molecule has 0 spiro atoms. The van der Waals surface area contributed by atoms with E-state index in [0.29, 0.717) is 40.6 Å². The van der Waals surface area contributed by atoms with Gasteiger partial charge in [-0.3, -0.25) is 9.69 Å². The zero-order valence-corrected chi connectivity index (χ0v) is 20.8. The molecular formula is C25H28ClNO8. The van der Waals surface area contributed by atoms with Crippen LogP contribution in [-0.4, -0.2) is 65.1 Å². The third-order valence-corrected chi connectivity index (χ3v) is 5.48. The van der Waals surface area contributed by atoms with Gasteiger partial charge < -0.3 is 28.4 Å². The molecule has 1 atom stereocenters. The normalized spacial score (nSPS) is 17.2. The Morgan fingerprint density at radius 2 is 1.74 bits per heavy atom. The number of hydrogen-bond acceptors (Lipinski definition) is 9. The number of hydrogen-bond donors (Lipinski definition) is 0. The van der Waals surface area contributed by atoms with Crippen molar-refractivity contribution >= 4 is 30.4 Å². The predicted octanol–water partition coefficient (Wildman–Crippen LogP) is 3.12. The first-order valence-electron chi connectivity index (χ1n) is 10.8. The molecule has 2 aliphatic heterocycles. The molecule has 0 aromatic heterocycles. The first kappa shape index (κ1) is 26.2. The summed E-state index contributed by atoms with van der Waals surface area (Å²) in [4.78, 5) is 26.4. The van der Waals surface area contributed by atoms with E-state index in [1.807, 2.05) is 18.2 Å². The Labute approximate surface area is 209 Å². The molecule has 0 amide bonds. The van der Waals surface area contributed by atoms with Gasteiger partial charge in [0.15, 0.2) is 23.0 Å². The monoisotopic (exact) mass is 505 g/mol. The van der Waals surface area contributed by atoms with Gasteiger partial charge in [-0.05, 0) is 62.0 Å². The number of esters is 2. The number of cyclic esters (lactones) is 1. The minimum absolute atomic E-state index is 0. The van der Waals surface area contributed by atoms with Crippen LogP contribution < -0.4 is 23.7 Å². The summed E-state index contributed by atoms with van der Waals surface area (Å²) in [7, 11) is 6.49. The first-order valence-corrected chi connectivity index (χ1v) is 10.8. The van der Waals surface area contributed by atoms with Crippen molar-refractivity contribution in [2.45, 2.75) is 6.42 Å². The van der Waals surface area contributed by atoms with Crippen LogP contribution in [0.1, 0.15) is 11.1 Å². The Morgan fingerprint density at radius 3 is 2.40 bits per heavy atom. The van der Waals surface area contributed by atoms with Crippen molar-refractivity contribution in [1.82, 2.24) is 4.90 Å². The molecule has 4 rings (SSSR count). The number of carbonyl (C=O) groups excluding carboxylic acids is 2. The molecule has 0 saturated carbocycles. The van der Waals surface area contributed by atoms with Crippen molar-refractivity contribution < 1.29 is 38.0 Å². The summed E-state index contributed by atoms with van der Waals surface area (Å²) in [5.41, 5.74) is 2.21. The third kappa shape index (κ3) is 5.98. The molecule has 9 nitrogen and oxygen atoms in total. The second-order valence-corrected chi connectivity index (χ2v) is 8.25. The van der Waals surface area contributed by atoms with E-state index in [1.165, 1.54) is 14.2 Å². The van der Waals surface area contributed by atoms with Crippen LogP contribution in [-0.2, 0) is 20.7 Å². The Morgan fingerprint density at radius 1 is 1.06 bits per heavy atom. The first-order chi connectivity index (χ1) is 16.4. The highest BCUT2D eigenvalue weighted by Crippen LogP contribution is 2.40. The van der Waals surface area contributed by atoms with Gasteiger partial charge in [-0.2, -0.15) is 0 Å². The van der Waals surface area contributed by atoms with Gasteiger partial charge >= 0.3 is 11.9 Å². The van der Waals surface area contributed by atoms with E-state index in [-0.39, 0.29) is 50.0 Å². The summed E-state index contributed by atoms with van der Waals surface area (Å²) in [5.74, 6) is 1.27. The summed E-state index contributed by atoms with van der Waals surface area (Å²) in [6.07, 6.45) is 2.35. The fourth-order valence-electron chi connectivity index (χ4n) is 3.88. The van der Waals surface area contributed by atoms with E-state index in [9.17, 15) is 9.59 Å². The molecule has 2 aliphatic rings. The summed E-state index contributed by atoms with van der Waals surface area (Å²) >= 11 is 0. The summed E-state index contributed by atoms with van der Waals surface area (Å²) < 4.78 is 32.6. The summed E-state index contributed by atoms with van der Waals surface area (Å²) in [6.45, 7) is 0.595. The Hall–Kier alpha value is -3.43. The molecule has 2 aromatic rings. The van der Waals surface area contributed by atoms with Crippen molar-refractivity contribution in [2.75, 3.05) is 48.3 Å². The third-order valence-electron chi connectivity index (χ3n) is 5.48. The van der Waals surface area contributed by atoms with Gasteiger partial charge in [-0.25, -0.2) is 4.79 Å². The van der Waals surface area contributed by atoms with Crippen LogP contribution in [0.2, 0.25) is 0 Å². The lowest BCUT2D eigenvalue weighted by Gasteiger charge is -2.16. The molecule has 1 unspecified atom stereocenters. The maximum atomic E-state index is 12.5. The average Bonchev–Trinajstić information content (AvgIpc) is 3.40. The standard InChI is InChI=1S/C25H27NO8.ClH/c1-26(2)12-23(27)34-24-21(29-3)10-16(11-22(24)30-4)8-18-17(13-31-25(18)28)7-15-5-6-19-20(9-15)33-14-32-19;/h5-6,8-11,17H,7,12-14H2,1-4H3;1H/b18-8-;. The van der Waals surface area contributed by atoms with Crippen LogP contribution in [0.25, 0.3) is 6.08 Å². The quantitative estimate of drug-likeness (QED) is 0.305. The molecule has 0 radical (unpaired) electrons. The fourth-order valence-corrected chi connectivity index (χ4v) is 3.88. The predicted molar refractivity (Wildman–Crippen MR) is 130 cm³/mol. The van der Waals surface area contributed by atoms with E-state index in [4.69, 9.17) is 28.4 Å². The zero-order chi connectivity index (χ0) is 24.2. The fraction of sp³-hybridized carbons (Fsp3) is 0.360. The van der Waals surface area contributed by atoms with E-state index in [2.05, 4.69) is 0 Å². The van der Waals surface area contributed by atoms with Gasteiger partial charge in [0.2, 0.25) is 12.5 Å². The number of rotatable bonds is 8. The van der Waals surface area contributed by atoms with Gasteiger partial charge in [0.25, 0.3) is 0 Å². The Kier molecular flexibility index (Phi) is 8.48. The lowest BCUT2D eigenvalue weighted by Crippen LogP contribution is -2.25. The van der Waals surface area contributed by atoms with Crippen LogP contribution in [0.15, 0.2) is 35.9 Å². The number of ether oxygens (including phenoxy) is 6. The Balaban J connectivity index is 0.00000342. The largest absolute Gasteiger partial charge is 0.493 e. The molecule has 35 heavy (non-hydrogen) atoms. The van der Waals surface area contributed by atoms with Crippen molar-refractivity contribution in [1.29, 1.82) is 0 Å². The maximum absolute atomic E-state index is 12.5. The molecular weight excluding hydrogens is 478 g/mol. The summed E-state index contributed by atoms with van der Waals surface area (Å²) in [6, 6.07) is 9.13. The molecule has 0 bridgehead atoms. The van der Waals surface area contributed by atoms with E-state index < -0.39 is 5.97 Å².